The third kappa shape index (κ3) is 18.6. The average molecular weight is 511 g/mol. The molecule has 0 saturated carbocycles. The van der Waals surface area contributed by atoms with E-state index in [9.17, 15) is 9.90 Å². The van der Waals surface area contributed by atoms with Crippen LogP contribution < -0.4 is 0 Å². The van der Waals surface area contributed by atoms with E-state index in [0.29, 0.717) is 0 Å². The van der Waals surface area contributed by atoms with Crippen LogP contribution >= 0.6 is 0 Å². The van der Waals surface area contributed by atoms with Gasteiger partial charge in [0, 0.05) is 6.42 Å². The molecule has 0 aromatic carbocycles. The minimum absolute atomic E-state index is 0.201. The van der Waals surface area contributed by atoms with E-state index in [0.717, 1.165) is 37.0 Å². The van der Waals surface area contributed by atoms with Gasteiger partial charge in [-0.2, -0.15) is 0 Å². The van der Waals surface area contributed by atoms with E-state index in [4.69, 9.17) is 0 Å². The van der Waals surface area contributed by atoms with Crippen molar-refractivity contribution in [3.05, 3.63) is 0 Å². The van der Waals surface area contributed by atoms with Gasteiger partial charge in [-0.15, -0.1) is 0 Å². The highest BCUT2D eigenvalue weighted by Gasteiger charge is 2.40. The first-order chi connectivity index (χ1) is 17.6. The number of rotatable bonds is 29. The molecule has 3 nitrogen and oxygen atoms in total. The van der Waals surface area contributed by atoms with Crippen LogP contribution in [0.15, 0.2) is 0 Å². The van der Waals surface area contributed by atoms with E-state index in [1.165, 1.54) is 141 Å². The zero-order chi connectivity index (χ0) is 26.7. The van der Waals surface area contributed by atoms with E-state index in [-0.39, 0.29) is 6.04 Å². The summed E-state index contributed by atoms with van der Waals surface area (Å²) in [6.45, 7) is 12.3. The maximum atomic E-state index is 12.7. The molecule has 3 heteroatoms. The molecule has 1 atom stereocenters. The topological polar surface area (TPSA) is 37.3 Å². The Morgan fingerprint density at radius 1 is 0.472 bits per heavy atom. The summed E-state index contributed by atoms with van der Waals surface area (Å²) >= 11 is 0. The van der Waals surface area contributed by atoms with E-state index in [1.807, 2.05) is 0 Å². The Bertz CT molecular complexity index is 433. The van der Waals surface area contributed by atoms with Gasteiger partial charge in [0.05, 0.1) is 19.6 Å². The lowest BCUT2D eigenvalue weighted by Crippen LogP contribution is -2.60. The molecule has 0 aliphatic heterocycles. The summed E-state index contributed by atoms with van der Waals surface area (Å²) in [5.41, 5.74) is 0. The summed E-state index contributed by atoms with van der Waals surface area (Å²) in [7, 11) is 0. The predicted octanol–water partition coefficient (Wildman–Crippen LogP) is 10.7. The van der Waals surface area contributed by atoms with Crippen LogP contribution in [0.5, 0.6) is 0 Å². The molecule has 0 fully saturated rings. The molecule has 0 bridgehead atoms. The van der Waals surface area contributed by atoms with Gasteiger partial charge in [0.25, 0.3) is 0 Å². The largest absolute Gasteiger partial charge is 0.477 e. The molecule has 0 spiro atoms. The van der Waals surface area contributed by atoms with Crippen molar-refractivity contribution in [2.75, 3.05) is 19.6 Å². The highest BCUT2D eigenvalue weighted by molar-refractivity contribution is 5.72. The first-order valence-corrected chi connectivity index (χ1v) is 16.7. The number of hydrogen-bond donors (Lipinski definition) is 1. The first kappa shape index (κ1) is 35.4. The number of hydrogen-bond acceptors (Lipinski definition) is 1. The van der Waals surface area contributed by atoms with Gasteiger partial charge in [-0.05, 0) is 44.9 Å². The number of carbonyl (C=O) groups is 1. The molecule has 0 radical (unpaired) electrons. The summed E-state index contributed by atoms with van der Waals surface area (Å²) in [5.74, 6) is -0.524. The second-order valence-electron chi connectivity index (χ2n) is 11.7. The third-order valence-electron chi connectivity index (χ3n) is 8.40. The van der Waals surface area contributed by atoms with Gasteiger partial charge >= 0.3 is 5.97 Å². The monoisotopic (exact) mass is 511 g/mol. The van der Waals surface area contributed by atoms with Gasteiger partial charge in [-0.1, -0.05) is 130 Å². The number of unbranched alkanes of at least 4 members (excludes halogenated alkanes) is 19. The number of carboxylic acid groups (broad SMARTS) is 1. The molecule has 0 amide bonds. The van der Waals surface area contributed by atoms with Gasteiger partial charge < -0.3 is 9.59 Å². The Hall–Kier alpha value is -0.570. The van der Waals surface area contributed by atoms with Gasteiger partial charge in [-0.3, -0.25) is 0 Å². The van der Waals surface area contributed by atoms with Crippen LogP contribution in [0.25, 0.3) is 0 Å². The van der Waals surface area contributed by atoms with Crippen LogP contribution in [0.4, 0.5) is 0 Å². The van der Waals surface area contributed by atoms with Crippen molar-refractivity contribution < 1.29 is 14.4 Å². The molecule has 0 saturated heterocycles. The highest BCUT2D eigenvalue weighted by atomic mass is 16.4. The van der Waals surface area contributed by atoms with E-state index in [2.05, 4.69) is 27.7 Å². The van der Waals surface area contributed by atoms with E-state index < -0.39 is 5.97 Å². The summed E-state index contributed by atoms with van der Waals surface area (Å²) in [6.07, 6.45) is 30.4. The van der Waals surface area contributed by atoms with Crippen LogP contribution in [-0.2, 0) is 4.79 Å². The zero-order valence-electron chi connectivity index (χ0n) is 25.5. The van der Waals surface area contributed by atoms with Crippen molar-refractivity contribution in [1.82, 2.24) is 0 Å². The molecule has 1 N–H and O–H groups in total. The second-order valence-corrected chi connectivity index (χ2v) is 11.7. The Balaban J connectivity index is 4.94. The minimum Gasteiger partial charge on any atom is -0.477 e. The standard InChI is InChI=1S/C33H67NO2/c1-5-9-13-17-18-19-20-21-22-23-24-28-32(33(35)36)34(29-25-14-10-6-2,30-26-15-11-7-3)31-27-16-12-8-4/h32H,5-31H2,1-4H3/p+1. The maximum absolute atomic E-state index is 12.7. The molecule has 0 aliphatic rings. The fraction of sp³-hybridized carbons (Fsp3) is 0.970. The molecule has 216 valence electrons. The Morgan fingerprint density at radius 2 is 0.750 bits per heavy atom. The Labute approximate surface area is 227 Å². The summed E-state index contributed by atoms with van der Waals surface area (Å²) in [5, 5.41) is 10.5. The van der Waals surface area contributed by atoms with Gasteiger partial charge in [0.15, 0.2) is 6.04 Å². The van der Waals surface area contributed by atoms with Gasteiger partial charge in [0.2, 0.25) is 0 Å². The minimum atomic E-state index is -0.524. The highest BCUT2D eigenvalue weighted by Crippen LogP contribution is 2.26. The first-order valence-electron chi connectivity index (χ1n) is 16.7. The third-order valence-corrected chi connectivity index (χ3v) is 8.40. The quantitative estimate of drug-likeness (QED) is 0.0802. The molecule has 1 unspecified atom stereocenters. The van der Waals surface area contributed by atoms with Crippen LogP contribution in [0.2, 0.25) is 0 Å². The van der Waals surface area contributed by atoms with Crippen molar-refractivity contribution in [2.45, 2.75) is 188 Å². The molecule has 0 aliphatic carbocycles. The summed E-state index contributed by atoms with van der Waals surface area (Å²) < 4.78 is 0.865. The molecule has 0 aromatic rings. The van der Waals surface area contributed by atoms with Gasteiger partial charge in [0.1, 0.15) is 0 Å². The smallest absolute Gasteiger partial charge is 0.362 e. The fourth-order valence-corrected chi connectivity index (χ4v) is 6.00. The lowest BCUT2D eigenvalue weighted by Gasteiger charge is -2.44. The number of carboxylic acids is 1. The molecule has 0 aromatic heterocycles. The molecular weight excluding hydrogens is 442 g/mol. The summed E-state index contributed by atoms with van der Waals surface area (Å²) in [6, 6.07) is -0.201. The molecule has 0 heterocycles. The van der Waals surface area contributed by atoms with Crippen LogP contribution in [0, 0.1) is 0 Å². The lowest BCUT2D eigenvalue weighted by atomic mass is 9.98. The summed E-state index contributed by atoms with van der Waals surface area (Å²) in [4.78, 5) is 12.7. The van der Waals surface area contributed by atoms with Crippen LogP contribution in [0.1, 0.15) is 182 Å². The number of nitrogens with zero attached hydrogens (tertiary/aromatic N) is 1. The van der Waals surface area contributed by atoms with Crippen LogP contribution in [-0.4, -0.2) is 41.2 Å². The number of aliphatic carboxylic acids is 1. The molecule has 36 heavy (non-hydrogen) atoms. The fourth-order valence-electron chi connectivity index (χ4n) is 6.00. The van der Waals surface area contributed by atoms with Crippen molar-refractivity contribution in [2.24, 2.45) is 0 Å². The SMILES string of the molecule is CCCCCCCCCCCCCC(C(=O)O)[N+](CCCCCC)(CCCCCC)CCCCCC. The number of quaternary nitrogens is 1. The van der Waals surface area contributed by atoms with Crippen molar-refractivity contribution in [1.29, 1.82) is 0 Å². The lowest BCUT2D eigenvalue weighted by molar-refractivity contribution is -0.944. The van der Waals surface area contributed by atoms with Gasteiger partial charge in [-0.25, -0.2) is 4.79 Å². The van der Waals surface area contributed by atoms with Crippen LogP contribution in [0.3, 0.4) is 0 Å². The maximum Gasteiger partial charge on any atom is 0.362 e. The zero-order valence-corrected chi connectivity index (χ0v) is 25.5. The Kier molecular flexibility index (Phi) is 25.6. The van der Waals surface area contributed by atoms with E-state index in [1.54, 1.807) is 0 Å². The van der Waals surface area contributed by atoms with Crippen molar-refractivity contribution in [3.63, 3.8) is 0 Å². The molecular formula is C33H68NO2+. The Morgan fingerprint density at radius 3 is 1.06 bits per heavy atom. The predicted molar refractivity (Wildman–Crippen MR) is 160 cm³/mol. The van der Waals surface area contributed by atoms with E-state index >= 15 is 0 Å². The second kappa shape index (κ2) is 26.1. The molecule has 0 rings (SSSR count). The van der Waals surface area contributed by atoms with Crippen molar-refractivity contribution in [3.8, 4) is 0 Å². The average Bonchev–Trinajstić information content (AvgIpc) is 2.87. The van der Waals surface area contributed by atoms with Crippen molar-refractivity contribution >= 4 is 5.97 Å². The normalized spacial score (nSPS) is 12.8.